The number of hydrogen-bond donors (Lipinski definition) is 2. The molecule has 0 radical (unpaired) electrons. The van der Waals surface area contributed by atoms with Gasteiger partial charge in [0, 0.05) is 7.05 Å². The highest BCUT2D eigenvalue weighted by atomic mass is 16.2. The first kappa shape index (κ1) is 11.1. The number of rotatable bonds is 3. The number of nitrogens with two attached hydrogens (primary N) is 1. The molecule has 1 unspecified atom stereocenters. The number of amides is 1. The first-order valence-corrected chi connectivity index (χ1v) is 5.47. The predicted molar refractivity (Wildman–Crippen MR) is 58.3 cm³/mol. The summed E-state index contributed by atoms with van der Waals surface area (Å²) in [4.78, 5) is 11.9. The van der Waals surface area contributed by atoms with E-state index >= 15 is 0 Å². The number of hydrogen-bond acceptors (Lipinski definition) is 4. The Hall–Kier alpha value is -1.43. The second kappa shape index (κ2) is 3.86. The van der Waals surface area contributed by atoms with Gasteiger partial charge in [-0.25, -0.2) is 0 Å². The highest BCUT2D eigenvalue weighted by Gasteiger charge is 2.40. The Bertz CT molecular complexity index is 396. The number of carbonyl (C=O) groups is 1. The zero-order chi connectivity index (χ0) is 11.8. The van der Waals surface area contributed by atoms with Crippen LogP contribution < -0.4 is 11.1 Å². The van der Waals surface area contributed by atoms with Gasteiger partial charge in [0.05, 0.1) is 11.6 Å². The van der Waals surface area contributed by atoms with Gasteiger partial charge in [-0.15, -0.1) is 10.2 Å². The minimum atomic E-state index is -0.660. The average Bonchev–Trinajstić information content (AvgIpc) is 2.60. The van der Waals surface area contributed by atoms with Crippen LogP contribution in [0.15, 0.2) is 6.33 Å². The third-order valence-electron chi connectivity index (χ3n) is 3.18. The fourth-order valence-electron chi connectivity index (χ4n) is 1.87. The Labute approximate surface area is 94.2 Å². The van der Waals surface area contributed by atoms with Crippen molar-refractivity contribution in [3.8, 4) is 0 Å². The molecule has 6 heteroatoms. The van der Waals surface area contributed by atoms with Gasteiger partial charge in [-0.2, -0.15) is 0 Å². The van der Waals surface area contributed by atoms with Gasteiger partial charge in [0.15, 0.2) is 5.82 Å². The lowest BCUT2D eigenvalue weighted by Crippen LogP contribution is -2.58. The Morgan fingerprint density at radius 1 is 1.69 bits per heavy atom. The molecule has 3 N–H and O–H groups in total. The predicted octanol–water partition coefficient (Wildman–Crippen LogP) is -0.126. The van der Waals surface area contributed by atoms with E-state index in [9.17, 15) is 4.79 Å². The molecule has 1 aliphatic rings. The van der Waals surface area contributed by atoms with Crippen molar-refractivity contribution in [1.29, 1.82) is 0 Å². The van der Waals surface area contributed by atoms with Crippen LogP contribution in [0.3, 0.4) is 0 Å². The molecule has 1 atom stereocenters. The number of aryl methyl sites for hydroxylation is 1. The third kappa shape index (κ3) is 1.80. The van der Waals surface area contributed by atoms with Crippen molar-refractivity contribution in [3.05, 3.63) is 12.2 Å². The van der Waals surface area contributed by atoms with E-state index in [-0.39, 0.29) is 11.9 Å². The molecule has 1 aromatic heterocycles. The van der Waals surface area contributed by atoms with Crippen molar-refractivity contribution >= 4 is 5.91 Å². The summed E-state index contributed by atoms with van der Waals surface area (Å²) in [6.07, 6.45) is 4.18. The molecule has 1 aromatic rings. The molecule has 0 aliphatic heterocycles. The van der Waals surface area contributed by atoms with Gasteiger partial charge >= 0.3 is 0 Å². The van der Waals surface area contributed by atoms with E-state index in [4.69, 9.17) is 5.73 Å². The molecule has 1 amide bonds. The van der Waals surface area contributed by atoms with E-state index in [1.54, 1.807) is 10.9 Å². The molecular formula is C10H17N5O. The van der Waals surface area contributed by atoms with Gasteiger partial charge in [-0.3, -0.25) is 4.79 Å². The van der Waals surface area contributed by atoms with Crippen molar-refractivity contribution < 1.29 is 4.79 Å². The molecular weight excluding hydrogens is 206 g/mol. The van der Waals surface area contributed by atoms with E-state index in [0.717, 1.165) is 25.1 Å². The molecule has 16 heavy (non-hydrogen) atoms. The van der Waals surface area contributed by atoms with Crippen molar-refractivity contribution in [3.63, 3.8) is 0 Å². The van der Waals surface area contributed by atoms with Gasteiger partial charge in [-0.05, 0) is 26.2 Å². The monoisotopic (exact) mass is 223 g/mol. The summed E-state index contributed by atoms with van der Waals surface area (Å²) >= 11 is 0. The van der Waals surface area contributed by atoms with Crippen LogP contribution in [0.1, 0.15) is 38.1 Å². The lowest BCUT2D eigenvalue weighted by atomic mass is 9.77. The van der Waals surface area contributed by atoms with Crippen LogP contribution in [0.5, 0.6) is 0 Å². The van der Waals surface area contributed by atoms with E-state index in [1.807, 2.05) is 14.0 Å². The van der Waals surface area contributed by atoms with Crippen molar-refractivity contribution in [2.24, 2.45) is 12.8 Å². The van der Waals surface area contributed by atoms with E-state index in [1.165, 1.54) is 0 Å². The molecule has 0 aromatic carbocycles. The second-order valence-corrected chi connectivity index (χ2v) is 4.50. The summed E-state index contributed by atoms with van der Waals surface area (Å²) in [6.45, 7) is 1.88. The quantitative estimate of drug-likeness (QED) is 0.747. The Morgan fingerprint density at radius 3 is 2.81 bits per heavy atom. The van der Waals surface area contributed by atoms with Crippen LogP contribution in [0.2, 0.25) is 0 Å². The lowest BCUT2D eigenvalue weighted by molar-refractivity contribution is -0.130. The molecule has 1 fully saturated rings. The summed E-state index contributed by atoms with van der Waals surface area (Å²) < 4.78 is 1.79. The van der Waals surface area contributed by atoms with Gasteiger partial charge in [0.1, 0.15) is 6.33 Å². The average molecular weight is 223 g/mol. The molecule has 1 heterocycles. The zero-order valence-electron chi connectivity index (χ0n) is 9.60. The second-order valence-electron chi connectivity index (χ2n) is 4.50. The standard InChI is InChI=1S/C10H17N5O/c1-7(8-14-12-6-15(8)2)13-9(16)10(11)4-3-5-10/h6-7H,3-5,11H2,1-2H3,(H,13,16). The maximum absolute atomic E-state index is 11.9. The van der Waals surface area contributed by atoms with Crippen molar-refractivity contribution in [2.75, 3.05) is 0 Å². The highest BCUT2D eigenvalue weighted by Crippen LogP contribution is 2.29. The first-order chi connectivity index (χ1) is 7.53. The smallest absolute Gasteiger partial charge is 0.240 e. The van der Waals surface area contributed by atoms with Crippen molar-refractivity contribution in [1.82, 2.24) is 20.1 Å². The van der Waals surface area contributed by atoms with Crippen LogP contribution in [0.25, 0.3) is 0 Å². The van der Waals surface area contributed by atoms with Crippen LogP contribution >= 0.6 is 0 Å². The van der Waals surface area contributed by atoms with Crippen LogP contribution in [-0.4, -0.2) is 26.2 Å². The fourth-order valence-corrected chi connectivity index (χ4v) is 1.87. The molecule has 0 bridgehead atoms. The van der Waals surface area contributed by atoms with Gasteiger partial charge in [-0.1, -0.05) is 0 Å². The van der Waals surface area contributed by atoms with Crippen LogP contribution in [-0.2, 0) is 11.8 Å². The third-order valence-corrected chi connectivity index (χ3v) is 3.18. The number of nitrogens with one attached hydrogen (secondary N) is 1. The van der Waals surface area contributed by atoms with E-state index < -0.39 is 5.54 Å². The summed E-state index contributed by atoms with van der Waals surface area (Å²) in [5.74, 6) is 0.644. The van der Waals surface area contributed by atoms with Gasteiger partial charge in [0.25, 0.3) is 0 Å². The summed E-state index contributed by atoms with van der Waals surface area (Å²) in [7, 11) is 1.85. The van der Waals surface area contributed by atoms with Crippen LogP contribution in [0, 0.1) is 0 Å². The summed E-state index contributed by atoms with van der Waals surface area (Å²) in [5.41, 5.74) is 5.27. The van der Waals surface area contributed by atoms with Gasteiger partial charge in [0.2, 0.25) is 5.91 Å². The number of aromatic nitrogens is 3. The topological polar surface area (TPSA) is 85.8 Å². The maximum Gasteiger partial charge on any atom is 0.240 e. The van der Waals surface area contributed by atoms with E-state index in [2.05, 4.69) is 15.5 Å². The lowest BCUT2D eigenvalue weighted by Gasteiger charge is -2.36. The summed E-state index contributed by atoms with van der Waals surface area (Å²) in [5, 5.41) is 10.6. The molecule has 2 rings (SSSR count). The number of carbonyl (C=O) groups excluding carboxylic acids is 1. The molecule has 6 nitrogen and oxygen atoms in total. The molecule has 88 valence electrons. The Balaban J connectivity index is 2.00. The maximum atomic E-state index is 11.9. The fraction of sp³-hybridized carbons (Fsp3) is 0.700. The number of nitrogens with zero attached hydrogens (tertiary/aromatic N) is 3. The minimum Gasteiger partial charge on any atom is -0.345 e. The van der Waals surface area contributed by atoms with Crippen LogP contribution in [0.4, 0.5) is 0 Å². The Morgan fingerprint density at radius 2 is 2.38 bits per heavy atom. The SMILES string of the molecule is CC(NC(=O)C1(N)CCC1)c1nncn1C. The van der Waals surface area contributed by atoms with E-state index in [0.29, 0.717) is 0 Å². The Kier molecular flexibility index (Phi) is 2.67. The van der Waals surface area contributed by atoms with Crippen molar-refractivity contribution in [2.45, 2.75) is 37.8 Å². The molecule has 0 spiro atoms. The van der Waals surface area contributed by atoms with Gasteiger partial charge < -0.3 is 15.6 Å². The molecule has 1 saturated carbocycles. The molecule has 0 saturated heterocycles. The summed E-state index contributed by atoms with van der Waals surface area (Å²) in [6, 6.07) is -0.166. The first-order valence-electron chi connectivity index (χ1n) is 5.47. The largest absolute Gasteiger partial charge is 0.345 e. The minimum absolute atomic E-state index is 0.0887. The highest BCUT2D eigenvalue weighted by molar-refractivity contribution is 5.87. The molecule has 1 aliphatic carbocycles. The zero-order valence-corrected chi connectivity index (χ0v) is 9.60. The normalized spacial score (nSPS) is 19.9.